The molecule has 0 radical (unpaired) electrons. The number of carbonyl (C=O) groups is 1. The highest BCUT2D eigenvalue weighted by Gasteiger charge is 2.26. The van der Waals surface area contributed by atoms with Gasteiger partial charge in [-0.15, -0.1) is 0 Å². The summed E-state index contributed by atoms with van der Waals surface area (Å²) in [7, 11) is 3.32. The molecule has 2 aromatic carbocycles. The Morgan fingerprint density at radius 2 is 1.94 bits per heavy atom. The van der Waals surface area contributed by atoms with E-state index < -0.39 is 6.04 Å². The molecule has 6 nitrogen and oxygen atoms in total. The lowest BCUT2D eigenvalue weighted by Crippen LogP contribution is -2.38. The number of nitrogens with zero attached hydrogens (tertiary/aromatic N) is 3. The van der Waals surface area contributed by atoms with E-state index in [4.69, 9.17) is 21.3 Å². The van der Waals surface area contributed by atoms with Crippen LogP contribution in [0.4, 0.5) is 0 Å². The highest BCUT2D eigenvalue weighted by molar-refractivity contribution is 6.31. The Kier molecular flexibility index (Phi) is 7.46. The van der Waals surface area contributed by atoms with Gasteiger partial charge in [0.05, 0.1) is 16.9 Å². The topological polar surface area (TPSA) is 64.4 Å². The highest BCUT2D eigenvalue weighted by atomic mass is 35.5. The minimum absolute atomic E-state index is 0.105. The van der Waals surface area contributed by atoms with Crippen LogP contribution >= 0.6 is 11.6 Å². The number of rotatable bonds is 8. The van der Waals surface area contributed by atoms with Gasteiger partial charge in [0.25, 0.3) is 11.5 Å². The average molecular weight is 442 g/mol. The van der Waals surface area contributed by atoms with Gasteiger partial charge < -0.3 is 9.64 Å². The van der Waals surface area contributed by atoms with E-state index in [1.807, 2.05) is 31.2 Å². The Labute approximate surface area is 187 Å². The van der Waals surface area contributed by atoms with Crippen molar-refractivity contribution < 1.29 is 9.53 Å². The van der Waals surface area contributed by atoms with Crippen molar-refractivity contribution >= 4 is 28.4 Å². The molecule has 0 saturated carbocycles. The van der Waals surface area contributed by atoms with Crippen LogP contribution in [0.15, 0.2) is 47.3 Å². The second-order valence-electron chi connectivity index (χ2n) is 7.57. The molecule has 0 fully saturated rings. The molecule has 7 heteroatoms. The van der Waals surface area contributed by atoms with Gasteiger partial charge in [-0.05, 0) is 55.7 Å². The molecule has 0 aliphatic rings. The zero-order valence-corrected chi connectivity index (χ0v) is 19.1. The number of methoxy groups -OCH3 is 1. The first kappa shape index (κ1) is 23.0. The van der Waals surface area contributed by atoms with E-state index in [-0.39, 0.29) is 11.5 Å². The first-order chi connectivity index (χ1) is 14.9. The number of benzene rings is 2. The van der Waals surface area contributed by atoms with Crippen LogP contribution in [0.25, 0.3) is 10.9 Å². The fourth-order valence-corrected chi connectivity index (χ4v) is 3.84. The molecule has 0 bridgehead atoms. The summed E-state index contributed by atoms with van der Waals surface area (Å²) in [5, 5.41) is 1.01. The van der Waals surface area contributed by atoms with E-state index in [1.54, 1.807) is 37.3 Å². The largest absolute Gasteiger partial charge is 0.385 e. The summed E-state index contributed by atoms with van der Waals surface area (Å²) in [5.41, 5.74) is 2.13. The van der Waals surface area contributed by atoms with Crippen molar-refractivity contribution in [1.29, 1.82) is 0 Å². The van der Waals surface area contributed by atoms with Crippen molar-refractivity contribution in [3.8, 4) is 0 Å². The summed E-state index contributed by atoms with van der Waals surface area (Å²) < 4.78 is 6.70. The van der Waals surface area contributed by atoms with Crippen LogP contribution in [-0.4, -0.2) is 40.6 Å². The van der Waals surface area contributed by atoms with Crippen molar-refractivity contribution in [3.05, 3.63) is 74.8 Å². The lowest BCUT2D eigenvalue weighted by Gasteiger charge is -2.30. The van der Waals surface area contributed by atoms with E-state index in [1.165, 1.54) is 10.1 Å². The molecule has 3 aromatic rings. The third kappa shape index (κ3) is 4.97. The smallest absolute Gasteiger partial charge is 0.261 e. The van der Waals surface area contributed by atoms with Crippen LogP contribution < -0.4 is 5.56 Å². The van der Waals surface area contributed by atoms with Gasteiger partial charge in [0.2, 0.25) is 0 Å². The van der Waals surface area contributed by atoms with E-state index in [9.17, 15) is 9.59 Å². The third-order valence-electron chi connectivity index (χ3n) is 5.53. The van der Waals surface area contributed by atoms with Crippen LogP contribution in [0, 0.1) is 0 Å². The summed E-state index contributed by atoms with van der Waals surface area (Å²) >= 11 is 6.12. The van der Waals surface area contributed by atoms with Gasteiger partial charge in [0, 0.05) is 37.9 Å². The van der Waals surface area contributed by atoms with Crippen LogP contribution in [-0.2, 0) is 18.2 Å². The average Bonchev–Trinajstić information content (AvgIpc) is 2.78. The standard InChI is InChI=1S/C24H28ClN3O3/c1-5-17-7-9-18(10-8-17)23(29)28(13-6-14-31-4)16(2)22-26-21-15-19(25)11-12-20(21)24(30)27(22)3/h7-12,15-16H,5-6,13-14H2,1-4H3. The predicted octanol–water partition coefficient (Wildman–Crippen LogP) is 4.39. The molecule has 0 aliphatic carbocycles. The summed E-state index contributed by atoms with van der Waals surface area (Å²) in [4.78, 5) is 32.8. The van der Waals surface area contributed by atoms with Gasteiger partial charge in [0.1, 0.15) is 5.82 Å². The van der Waals surface area contributed by atoms with Gasteiger partial charge in [-0.1, -0.05) is 30.7 Å². The quantitative estimate of drug-likeness (QED) is 0.486. The normalized spacial score (nSPS) is 12.2. The number of aryl methyl sites for hydroxylation is 1. The molecule has 164 valence electrons. The molecule has 0 aliphatic heterocycles. The molecule has 3 rings (SSSR count). The molecule has 1 atom stereocenters. The van der Waals surface area contributed by atoms with Crippen molar-refractivity contribution in [1.82, 2.24) is 14.5 Å². The maximum atomic E-state index is 13.4. The van der Waals surface area contributed by atoms with Crippen molar-refractivity contribution in [2.75, 3.05) is 20.3 Å². The predicted molar refractivity (Wildman–Crippen MR) is 124 cm³/mol. The number of fused-ring (bicyclic) bond motifs is 1. The first-order valence-electron chi connectivity index (χ1n) is 10.4. The molecule has 0 saturated heterocycles. The van der Waals surface area contributed by atoms with Crippen LogP contribution in [0.5, 0.6) is 0 Å². The Hall–Kier alpha value is -2.70. The molecular weight excluding hydrogens is 414 g/mol. The van der Waals surface area contributed by atoms with Crippen LogP contribution in [0.3, 0.4) is 0 Å². The van der Waals surface area contributed by atoms with E-state index in [0.29, 0.717) is 46.9 Å². The van der Waals surface area contributed by atoms with Crippen LogP contribution in [0.2, 0.25) is 5.02 Å². The molecule has 1 heterocycles. The van der Waals surface area contributed by atoms with E-state index in [2.05, 4.69) is 6.92 Å². The molecule has 1 amide bonds. The lowest BCUT2D eigenvalue weighted by atomic mass is 10.1. The molecule has 0 N–H and O–H groups in total. The number of hydrogen-bond acceptors (Lipinski definition) is 4. The number of carbonyl (C=O) groups excluding carboxylic acids is 1. The number of hydrogen-bond donors (Lipinski definition) is 0. The summed E-state index contributed by atoms with van der Waals surface area (Å²) in [6.45, 7) is 4.98. The minimum Gasteiger partial charge on any atom is -0.385 e. The Morgan fingerprint density at radius 3 is 2.58 bits per heavy atom. The number of amides is 1. The summed E-state index contributed by atoms with van der Waals surface area (Å²) in [6, 6.07) is 12.3. The number of halogens is 1. The van der Waals surface area contributed by atoms with E-state index >= 15 is 0 Å². The van der Waals surface area contributed by atoms with Gasteiger partial charge in [-0.2, -0.15) is 0 Å². The fourth-order valence-electron chi connectivity index (χ4n) is 3.67. The second-order valence-corrected chi connectivity index (χ2v) is 8.00. The van der Waals surface area contributed by atoms with Crippen LogP contribution in [0.1, 0.15) is 48.1 Å². The molecule has 31 heavy (non-hydrogen) atoms. The van der Waals surface area contributed by atoms with E-state index in [0.717, 1.165) is 6.42 Å². The van der Waals surface area contributed by atoms with Gasteiger partial charge in [0.15, 0.2) is 0 Å². The summed E-state index contributed by atoms with van der Waals surface area (Å²) in [5.74, 6) is 0.405. The van der Waals surface area contributed by atoms with Gasteiger partial charge in [-0.25, -0.2) is 4.98 Å². The minimum atomic E-state index is -0.420. The van der Waals surface area contributed by atoms with Gasteiger partial charge in [-0.3, -0.25) is 14.2 Å². The second kappa shape index (κ2) is 10.1. The van der Waals surface area contributed by atoms with Crippen molar-refractivity contribution in [2.45, 2.75) is 32.7 Å². The third-order valence-corrected chi connectivity index (χ3v) is 5.77. The Balaban J connectivity index is 2.03. The zero-order chi connectivity index (χ0) is 22.5. The zero-order valence-electron chi connectivity index (χ0n) is 18.4. The highest BCUT2D eigenvalue weighted by Crippen LogP contribution is 2.23. The number of aromatic nitrogens is 2. The SMILES string of the molecule is CCc1ccc(C(=O)N(CCCOC)C(C)c2nc3cc(Cl)ccc3c(=O)n2C)cc1. The molecule has 1 aromatic heterocycles. The summed E-state index contributed by atoms with van der Waals surface area (Å²) in [6.07, 6.45) is 1.58. The Morgan fingerprint density at radius 1 is 1.23 bits per heavy atom. The van der Waals surface area contributed by atoms with Gasteiger partial charge >= 0.3 is 0 Å². The van der Waals surface area contributed by atoms with Crippen molar-refractivity contribution in [3.63, 3.8) is 0 Å². The fraction of sp³-hybridized carbons (Fsp3) is 0.375. The molecular formula is C24H28ClN3O3. The maximum absolute atomic E-state index is 13.4. The Bertz CT molecular complexity index is 1130. The number of ether oxygens (including phenoxy) is 1. The molecule has 0 spiro atoms. The first-order valence-corrected chi connectivity index (χ1v) is 10.8. The maximum Gasteiger partial charge on any atom is 0.261 e. The monoisotopic (exact) mass is 441 g/mol. The molecule has 1 unspecified atom stereocenters. The van der Waals surface area contributed by atoms with Crippen molar-refractivity contribution in [2.24, 2.45) is 7.05 Å². The lowest BCUT2D eigenvalue weighted by molar-refractivity contribution is 0.0656.